The highest BCUT2D eigenvalue weighted by atomic mass is 16.2. The zero-order chi connectivity index (χ0) is 15.1. The number of carbonyl (C=O) groups excluding carboxylic acids is 1. The lowest BCUT2D eigenvalue weighted by Gasteiger charge is -2.15. The Labute approximate surface area is 126 Å². The first-order valence-electron chi connectivity index (χ1n) is 7.02. The predicted octanol–water partition coefficient (Wildman–Crippen LogP) is 0.544. The average Bonchev–Trinajstić information content (AvgIpc) is 3.25. The van der Waals surface area contributed by atoms with Crippen molar-refractivity contribution in [2.45, 2.75) is 19.6 Å². The van der Waals surface area contributed by atoms with Crippen LogP contribution in [0.5, 0.6) is 0 Å². The van der Waals surface area contributed by atoms with Crippen molar-refractivity contribution in [1.82, 2.24) is 34.7 Å². The molecular weight excluding hydrogens is 282 g/mol. The van der Waals surface area contributed by atoms with Crippen LogP contribution >= 0.6 is 0 Å². The van der Waals surface area contributed by atoms with E-state index in [2.05, 4.69) is 20.4 Å². The summed E-state index contributed by atoms with van der Waals surface area (Å²) in [4.78, 5) is 14.2. The molecule has 4 heterocycles. The third kappa shape index (κ3) is 2.00. The average molecular weight is 297 g/mol. The summed E-state index contributed by atoms with van der Waals surface area (Å²) in [6.07, 6.45) is 5.24. The van der Waals surface area contributed by atoms with Gasteiger partial charge in [0.1, 0.15) is 5.69 Å². The Hall–Kier alpha value is -2.90. The summed E-state index contributed by atoms with van der Waals surface area (Å²) in [5.41, 5.74) is 3.66. The Balaban J connectivity index is 1.60. The highest BCUT2D eigenvalue weighted by Crippen LogP contribution is 2.27. The second-order valence-corrected chi connectivity index (χ2v) is 5.33. The van der Waals surface area contributed by atoms with Crippen LogP contribution in [-0.4, -0.2) is 40.6 Å². The lowest BCUT2D eigenvalue weighted by Crippen LogP contribution is -2.26. The molecule has 112 valence electrons. The van der Waals surface area contributed by atoms with Crippen molar-refractivity contribution >= 4 is 5.91 Å². The molecule has 8 nitrogen and oxygen atoms in total. The Kier molecular flexibility index (Phi) is 2.81. The third-order valence-corrected chi connectivity index (χ3v) is 3.94. The fourth-order valence-corrected chi connectivity index (χ4v) is 2.83. The molecule has 0 bridgehead atoms. The number of H-pyrrole nitrogens is 1. The number of aryl methyl sites for hydroxylation is 1. The van der Waals surface area contributed by atoms with E-state index in [1.807, 2.05) is 28.7 Å². The number of carbonyl (C=O) groups is 1. The smallest absolute Gasteiger partial charge is 0.272 e. The standard InChI is InChI=1S/C14H15N7O/c1-19-13-9-20(14(22)11-3-5-15-17-11)7-10(13)12(18-19)8-21-6-2-4-16-21/h2-6H,7-9H2,1H3,(H,15,17). The first kappa shape index (κ1) is 12.8. The van der Waals surface area contributed by atoms with E-state index in [9.17, 15) is 4.79 Å². The van der Waals surface area contributed by atoms with Crippen molar-refractivity contribution in [3.8, 4) is 0 Å². The largest absolute Gasteiger partial charge is 0.327 e. The molecule has 0 saturated heterocycles. The van der Waals surface area contributed by atoms with Crippen molar-refractivity contribution in [2.24, 2.45) is 7.05 Å². The molecular formula is C14H15N7O. The van der Waals surface area contributed by atoms with Gasteiger partial charge in [-0.25, -0.2) is 0 Å². The summed E-state index contributed by atoms with van der Waals surface area (Å²) in [6.45, 7) is 1.75. The number of hydrogen-bond donors (Lipinski definition) is 1. The maximum atomic E-state index is 12.4. The molecule has 3 aromatic rings. The first-order chi connectivity index (χ1) is 10.7. The maximum absolute atomic E-state index is 12.4. The molecule has 1 aliphatic rings. The second kappa shape index (κ2) is 4.83. The van der Waals surface area contributed by atoms with Crippen molar-refractivity contribution in [3.63, 3.8) is 0 Å². The monoisotopic (exact) mass is 297 g/mol. The van der Waals surface area contributed by atoms with Gasteiger partial charge in [0.25, 0.3) is 5.91 Å². The zero-order valence-corrected chi connectivity index (χ0v) is 12.1. The van der Waals surface area contributed by atoms with E-state index < -0.39 is 0 Å². The molecule has 1 N–H and O–H groups in total. The van der Waals surface area contributed by atoms with Gasteiger partial charge >= 0.3 is 0 Å². The van der Waals surface area contributed by atoms with Gasteiger partial charge in [-0.05, 0) is 12.1 Å². The van der Waals surface area contributed by atoms with Gasteiger partial charge in [0.2, 0.25) is 0 Å². The van der Waals surface area contributed by atoms with Gasteiger partial charge in [0.15, 0.2) is 0 Å². The Morgan fingerprint density at radius 2 is 2.27 bits per heavy atom. The summed E-state index contributed by atoms with van der Waals surface area (Å²) < 4.78 is 3.69. The van der Waals surface area contributed by atoms with Crippen LogP contribution in [0.4, 0.5) is 0 Å². The lowest BCUT2D eigenvalue weighted by atomic mass is 10.2. The van der Waals surface area contributed by atoms with E-state index in [1.165, 1.54) is 0 Å². The minimum Gasteiger partial charge on any atom is -0.327 e. The van der Waals surface area contributed by atoms with E-state index in [4.69, 9.17) is 0 Å². The van der Waals surface area contributed by atoms with Crippen molar-refractivity contribution in [3.05, 3.63) is 53.4 Å². The molecule has 8 heteroatoms. The molecule has 0 saturated carbocycles. The molecule has 0 fully saturated rings. The fraction of sp³-hybridized carbons (Fsp3) is 0.286. The molecule has 4 rings (SSSR count). The molecule has 0 unspecified atom stereocenters. The Bertz CT molecular complexity index is 801. The SMILES string of the molecule is Cn1nc(Cn2cccn2)c2c1CN(C(=O)c1ccn[nH]1)C2. The number of nitrogens with one attached hydrogen (secondary N) is 1. The molecule has 0 aliphatic carbocycles. The van der Waals surface area contributed by atoms with E-state index in [-0.39, 0.29) is 5.91 Å². The molecule has 0 radical (unpaired) electrons. The van der Waals surface area contributed by atoms with Crippen molar-refractivity contribution in [2.75, 3.05) is 0 Å². The van der Waals surface area contributed by atoms with Gasteiger partial charge in [-0.3, -0.25) is 19.3 Å². The van der Waals surface area contributed by atoms with Crippen LogP contribution in [0.15, 0.2) is 30.7 Å². The topological polar surface area (TPSA) is 84.6 Å². The summed E-state index contributed by atoms with van der Waals surface area (Å²) in [5, 5.41) is 15.3. The van der Waals surface area contributed by atoms with E-state index in [0.717, 1.165) is 17.0 Å². The first-order valence-corrected chi connectivity index (χ1v) is 7.02. The molecule has 1 amide bonds. The molecule has 0 atom stereocenters. The summed E-state index contributed by atoms with van der Waals surface area (Å²) in [6, 6.07) is 3.57. The third-order valence-electron chi connectivity index (χ3n) is 3.94. The number of aromatic nitrogens is 6. The Morgan fingerprint density at radius 1 is 1.36 bits per heavy atom. The van der Waals surface area contributed by atoms with E-state index in [1.54, 1.807) is 23.4 Å². The van der Waals surface area contributed by atoms with E-state index >= 15 is 0 Å². The lowest BCUT2D eigenvalue weighted by molar-refractivity contribution is 0.0742. The van der Waals surface area contributed by atoms with Crippen LogP contribution in [0.1, 0.15) is 27.4 Å². The van der Waals surface area contributed by atoms with Crippen LogP contribution in [0.25, 0.3) is 0 Å². The number of fused-ring (bicyclic) bond motifs is 1. The second-order valence-electron chi connectivity index (χ2n) is 5.33. The number of amides is 1. The molecule has 22 heavy (non-hydrogen) atoms. The number of nitrogens with zero attached hydrogens (tertiary/aromatic N) is 6. The maximum Gasteiger partial charge on any atom is 0.272 e. The predicted molar refractivity (Wildman–Crippen MR) is 76.7 cm³/mol. The van der Waals surface area contributed by atoms with Gasteiger partial charge in [-0.1, -0.05) is 0 Å². The van der Waals surface area contributed by atoms with Gasteiger partial charge in [0, 0.05) is 31.2 Å². The quantitative estimate of drug-likeness (QED) is 0.765. The number of hydrogen-bond acceptors (Lipinski definition) is 4. The zero-order valence-electron chi connectivity index (χ0n) is 12.1. The summed E-state index contributed by atoms with van der Waals surface area (Å²) >= 11 is 0. The molecule has 3 aromatic heterocycles. The Morgan fingerprint density at radius 3 is 3.00 bits per heavy atom. The van der Waals surface area contributed by atoms with Crippen molar-refractivity contribution < 1.29 is 4.79 Å². The molecule has 0 spiro atoms. The normalized spacial score (nSPS) is 13.6. The highest BCUT2D eigenvalue weighted by molar-refractivity contribution is 5.92. The van der Waals surface area contributed by atoms with Crippen molar-refractivity contribution in [1.29, 1.82) is 0 Å². The van der Waals surface area contributed by atoms with Crippen LogP contribution in [0, 0.1) is 0 Å². The fourth-order valence-electron chi connectivity index (χ4n) is 2.83. The molecule has 1 aliphatic heterocycles. The minimum atomic E-state index is -0.0428. The minimum absolute atomic E-state index is 0.0428. The highest BCUT2D eigenvalue weighted by Gasteiger charge is 2.30. The van der Waals surface area contributed by atoms with Crippen LogP contribution < -0.4 is 0 Å². The van der Waals surface area contributed by atoms with Crippen LogP contribution in [-0.2, 0) is 26.7 Å². The van der Waals surface area contributed by atoms with Gasteiger partial charge in [0.05, 0.1) is 31.0 Å². The number of rotatable bonds is 3. The van der Waals surface area contributed by atoms with Crippen LogP contribution in [0.3, 0.4) is 0 Å². The van der Waals surface area contributed by atoms with Gasteiger partial charge in [-0.15, -0.1) is 0 Å². The van der Waals surface area contributed by atoms with Gasteiger partial charge < -0.3 is 4.90 Å². The number of aromatic amines is 1. The summed E-state index contributed by atoms with van der Waals surface area (Å²) in [7, 11) is 1.91. The summed E-state index contributed by atoms with van der Waals surface area (Å²) in [5.74, 6) is -0.0428. The van der Waals surface area contributed by atoms with E-state index in [0.29, 0.717) is 25.3 Å². The van der Waals surface area contributed by atoms with Crippen LogP contribution in [0.2, 0.25) is 0 Å². The van der Waals surface area contributed by atoms with Gasteiger partial charge in [-0.2, -0.15) is 15.3 Å². The molecule has 0 aromatic carbocycles.